The van der Waals surface area contributed by atoms with Crippen molar-refractivity contribution in [3.63, 3.8) is 0 Å². The molecule has 0 aromatic carbocycles. The molecule has 110 valence electrons. The lowest BCUT2D eigenvalue weighted by molar-refractivity contribution is -0.146. The molecule has 1 fully saturated rings. The molecule has 0 bridgehead atoms. The smallest absolute Gasteiger partial charge is 0.307 e. The molecule has 3 atom stereocenters. The highest BCUT2D eigenvalue weighted by Gasteiger charge is 2.37. The third-order valence-corrected chi connectivity index (χ3v) is 3.99. The number of hydrogen-bond acceptors (Lipinski definition) is 3. The number of carbonyl (C=O) groups excluding carboxylic acids is 1. The van der Waals surface area contributed by atoms with E-state index in [-0.39, 0.29) is 17.9 Å². The Morgan fingerprint density at radius 1 is 1.26 bits per heavy atom. The molecule has 1 saturated carbocycles. The van der Waals surface area contributed by atoms with Crippen molar-refractivity contribution in [2.24, 2.45) is 11.8 Å². The highest BCUT2D eigenvalue weighted by atomic mass is 16.4. The molecule has 0 heterocycles. The molecule has 0 aromatic heterocycles. The summed E-state index contributed by atoms with van der Waals surface area (Å²) in [6.07, 6.45) is 2.15. The number of carboxylic acid groups (broad SMARTS) is 1. The first kappa shape index (κ1) is 16.0. The van der Waals surface area contributed by atoms with Crippen LogP contribution < -0.4 is 5.32 Å². The Labute approximate surface area is 115 Å². The van der Waals surface area contributed by atoms with Crippen molar-refractivity contribution in [1.82, 2.24) is 10.2 Å². The molecule has 0 aliphatic heterocycles. The van der Waals surface area contributed by atoms with Crippen LogP contribution in [0.15, 0.2) is 0 Å². The summed E-state index contributed by atoms with van der Waals surface area (Å²) in [5.74, 6) is -1.78. The lowest BCUT2D eigenvalue weighted by Crippen LogP contribution is -2.45. The van der Waals surface area contributed by atoms with Crippen LogP contribution in [0.1, 0.15) is 40.0 Å². The summed E-state index contributed by atoms with van der Waals surface area (Å²) >= 11 is 0. The number of likely N-dealkylation sites (N-methyl/N-ethyl adjacent to an activating group) is 1. The number of rotatable bonds is 7. The molecular weight excluding hydrogens is 244 g/mol. The topological polar surface area (TPSA) is 69.6 Å². The van der Waals surface area contributed by atoms with Crippen LogP contribution in [0.25, 0.3) is 0 Å². The monoisotopic (exact) mass is 270 g/mol. The Morgan fingerprint density at radius 2 is 1.84 bits per heavy atom. The molecule has 1 aliphatic carbocycles. The van der Waals surface area contributed by atoms with E-state index in [1.54, 1.807) is 0 Å². The molecule has 0 radical (unpaired) electrons. The lowest BCUT2D eigenvalue weighted by Gasteiger charge is -2.25. The fraction of sp³-hybridized carbons (Fsp3) is 0.857. The van der Waals surface area contributed by atoms with Gasteiger partial charge in [-0.2, -0.15) is 0 Å². The Balaban J connectivity index is 2.47. The molecule has 1 aliphatic rings. The molecule has 0 saturated heterocycles. The predicted octanol–water partition coefficient (Wildman–Crippen LogP) is 1.33. The molecule has 0 aromatic rings. The van der Waals surface area contributed by atoms with E-state index in [1.807, 2.05) is 6.92 Å². The summed E-state index contributed by atoms with van der Waals surface area (Å²) in [6, 6.07) is 0.0578. The maximum atomic E-state index is 12.1. The number of amides is 1. The van der Waals surface area contributed by atoms with Crippen molar-refractivity contribution >= 4 is 11.9 Å². The van der Waals surface area contributed by atoms with Crippen molar-refractivity contribution in [3.8, 4) is 0 Å². The van der Waals surface area contributed by atoms with Gasteiger partial charge in [0.15, 0.2) is 0 Å². The molecule has 0 spiro atoms. The fourth-order valence-corrected chi connectivity index (χ4v) is 2.83. The van der Waals surface area contributed by atoms with Crippen molar-refractivity contribution in [2.45, 2.75) is 46.1 Å². The molecule has 1 unspecified atom stereocenters. The largest absolute Gasteiger partial charge is 0.481 e. The van der Waals surface area contributed by atoms with Crippen LogP contribution in [0.4, 0.5) is 0 Å². The first-order chi connectivity index (χ1) is 8.99. The van der Waals surface area contributed by atoms with E-state index in [1.165, 1.54) is 0 Å². The highest BCUT2D eigenvalue weighted by Crippen LogP contribution is 2.32. The van der Waals surface area contributed by atoms with Crippen LogP contribution in [-0.4, -0.2) is 47.6 Å². The Morgan fingerprint density at radius 3 is 2.37 bits per heavy atom. The summed E-state index contributed by atoms with van der Waals surface area (Å²) < 4.78 is 0. The standard InChI is InChI=1S/C14H26N2O3/c1-4-16(5-2)9-10(3)15-13(17)11-7-6-8-12(11)14(18)19/h10-12H,4-9H2,1-3H3,(H,15,17)(H,18,19)/t10?,11-,12+/m1/s1. The van der Waals surface area contributed by atoms with Crippen LogP contribution in [0.2, 0.25) is 0 Å². The Hall–Kier alpha value is -1.10. The summed E-state index contributed by atoms with van der Waals surface area (Å²) in [5.41, 5.74) is 0. The zero-order chi connectivity index (χ0) is 14.4. The quantitative estimate of drug-likeness (QED) is 0.732. The normalized spacial score (nSPS) is 24.4. The second-order valence-corrected chi connectivity index (χ2v) is 5.38. The van der Waals surface area contributed by atoms with Crippen molar-refractivity contribution in [3.05, 3.63) is 0 Å². The first-order valence-corrected chi connectivity index (χ1v) is 7.25. The van der Waals surface area contributed by atoms with Crippen molar-refractivity contribution < 1.29 is 14.7 Å². The van der Waals surface area contributed by atoms with Crippen LogP contribution in [-0.2, 0) is 9.59 Å². The lowest BCUT2D eigenvalue weighted by atomic mass is 9.95. The summed E-state index contributed by atoms with van der Waals surface area (Å²) in [5, 5.41) is 12.1. The predicted molar refractivity (Wildman–Crippen MR) is 73.9 cm³/mol. The number of carboxylic acids is 1. The SMILES string of the molecule is CCN(CC)CC(C)NC(=O)[C@@H]1CCC[C@@H]1C(=O)O. The van der Waals surface area contributed by atoms with Gasteiger partial charge in [0.2, 0.25) is 5.91 Å². The van der Waals surface area contributed by atoms with Gasteiger partial charge in [-0.1, -0.05) is 20.3 Å². The molecule has 19 heavy (non-hydrogen) atoms. The van der Waals surface area contributed by atoms with Crippen LogP contribution >= 0.6 is 0 Å². The highest BCUT2D eigenvalue weighted by molar-refractivity contribution is 5.85. The van der Waals surface area contributed by atoms with Gasteiger partial charge in [0, 0.05) is 12.6 Å². The minimum atomic E-state index is -0.839. The van der Waals surface area contributed by atoms with Gasteiger partial charge in [-0.05, 0) is 32.9 Å². The second-order valence-electron chi connectivity index (χ2n) is 5.38. The van der Waals surface area contributed by atoms with Gasteiger partial charge in [-0.15, -0.1) is 0 Å². The van der Waals surface area contributed by atoms with E-state index in [9.17, 15) is 9.59 Å². The third kappa shape index (κ3) is 4.49. The summed E-state index contributed by atoms with van der Waals surface area (Å²) in [7, 11) is 0. The minimum Gasteiger partial charge on any atom is -0.481 e. The average molecular weight is 270 g/mol. The maximum Gasteiger partial charge on any atom is 0.307 e. The van der Waals surface area contributed by atoms with Crippen molar-refractivity contribution in [2.75, 3.05) is 19.6 Å². The molecule has 1 rings (SSSR count). The number of aliphatic carboxylic acids is 1. The first-order valence-electron chi connectivity index (χ1n) is 7.25. The molecule has 1 amide bonds. The van der Waals surface area contributed by atoms with E-state index in [0.29, 0.717) is 12.8 Å². The fourth-order valence-electron chi connectivity index (χ4n) is 2.83. The number of nitrogens with zero attached hydrogens (tertiary/aromatic N) is 1. The van der Waals surface area contributed by atoms with E-state index in [0.717, 1.165) is 26.1 Å². The third-order valence-electron chi connectivity index (χ3n) is 3.99. The molecule has 5 heteroatoms. The minimum absolute atomic E-state index is 0.0578. The maximum absolute atomic E-state index is 12.1. The molecule has 5 nitrogen and oxygen atoms in total. The number of hydrogen-bond donors (Lipinski definition) is 2. The summed E-state index contributed by atoms with van der Waals surface area (Å²) in [6.45, 7) is 8.88. The van der Waals surface area contributed by atoms with Crippen LogP contribution in [0.3, 0.4) is 0 Å². The number of carbonyl (C=O) groups is 2. The van der Waals surface area contributed by atoms with Crippen LogP contribution in [0, 0.1) is 11.8 Å². The average Bonchev–Trinajstić information content (AvgIpc) is 2.85. The van der Waals surface area contributed by atoms with Crippen LogP contribution in [0.5, 0.6) is 0 Å². The van der Waals surface area contributed by atoms with Gasteiger partial charge in [0.1, 0.15) is 0 Å². The van der Waals surface area contributed by atoms with Gasteiger partial charge in [-0.25, -0.2) is 0 Å². The van der Waals surface area contributed by atoms with Gasteiger partial charge < -0.3 is 15.3 Å². The summed E-state index contributed by atoms with van der Waals surface area (Å²) in [4.78, 5) is 25.5. The van der Waals surface area contributed by atoms with Gasteiger partial charge in [0.25, 0.3) is 0 Å². The van der Waals surface area contributed by atoms with Gasteiger partial charge >= 0.3 is 5.97 Å². The van der Waals surface area contributed by atoms with E-state index in [2.05, 4.69) is 24.1 Å². The second kappa shape index (κ2) is 7.48. The van der Waals surface area contributed by atoms with E-state index in [4.69, 9.17) is 5.11 Å². The Bertz CT molecular complexity index is 316. The molecule has 2 N–H and O–H groups in total. The number of nitrogens with one attached hydrogen (secondary N) is 1. The van der Waals surface area contributed by atoms with E-state index >= 15 is 0 Å². The zero-order valence-electron chi connectivity index (χ0n) is 12.2. The van der Waals surface area contributed by atoms with E-state index < -0.39 is 11.9 Å². The Kier molecular flexibility index (Phi) is 6.28. The molecular formula is C14H26N2O3. The van der Waals surface area contributed by atoms with Crippen molar-refractivity contribution in [1.29, 1.82) is 0 Å². The van der Waals surface area contributed by atoms with Gasteiger partial charge in [0.05, 0.1) is 11.8 Å². The van der Waals surface area contributed by atoms with Gasteiger partial charge in [-0.3, -0.25) is 9.59 Å². The zero-order valence-corrected chi connectivity index (χ0v) is 12.2.